The van der Waals surface area contributed by atoms with Crippen molar-refractivity contribution in [3.8, 4) is 0 Å². The van der Waals surface area contributed by atoms with Gasteiger partial charge in [0, 0.05) is 23.0 Å². The summed E-state index contributed by atoms with van der Waals surface area (Å²) in [6, 6.07) is 7.54. The zero-order chi connectivity index (χ0) is 21.3. The number of fused-ring (bicyclic) bond motifs is 1. The second kappa shape index (κ2) is 8.52. The van der Waals surface area contributed by atoms with E-state index in [-0.39, 0.29) is 0 Å². The number of thiophene rings is 1. The summed E-state index contributed by atoms with van der Waals surface area (Å²) in [5.41, 5.74) is 7.95. The van der Waals surface area contributed by atoms with Gasteiger partial charge in [-0.05, 0) is 36.8 Å². The maximum Gasteiger partial charge on any atom is 0.251 e. The average Bonchev–Trinajstić information content (AvgIpc) is 2.99. The van der Waals surface area contributed by atoms with Gasteiger partial charge in [0.2, 0.25) is 6.35 Å². The van der Waals surface area contributed by atoms with E-state index >= 15 is 0 Å². The van der Waals surface area contributed by atoms with Gasteiger partial charge in [0.15, 0.2) is 0 Å². The lowest BCUT2D eigenvalue weighted by Gasteiger charge is -2.44. The second-order valence-electron chi connectivity index (χ2n) is 8.37. The summed E-state index contributed by atoms with van der Waals surface area (Å²) in [7, 11) is 2.28. The lowest BCUT2D eigenvalue weighted by molar-refractivity contribution is -0.949. The molecule has 1 aromatic heterocycles. The molecule has 0 radical (unpaired) electrons. The smallest absolute Gasteiger partial charge is 0.251 e. The van der Waals surface area contributed by atoms with Gasteiger partial charge in [-0.25, -0.2) is 0 Å². The third kappa shape index (κ3) is 4.69. The first kappa shape index (κ1) is 21.9. The number of hydrogen-bond donors (Lipinski definition) is 4. The number of carbonyl (C=O) groups is 1. The zero-order valence-electron chi connectivity index (χ0n) is 17.3. The Balaban J connectivity index is 1.82. The first-order valence-electron chi connectivity index (χ1n) is 9.86. The number of anilines is 2. The Hall–Kier alpha value is -1.80. The fourth-order valence-electron chi connectivity index (χ4n) is 3.97. The summed E-state index contributed by atoms with van der Waals surface area (Å²) < 4.78 is 0.939. The lowest BCUT2D eigenvalue weighted by Crippen LogP contribution is -2.55. The Morgan fingerprint density at radius 3 is 2.48 bits per heavy atom. The Morgan fingerprint density at radius 1 is 1.24 bits per heavy atom. The molecule has 3 rings (SSSR count). The molecule has 1 aliphatic heterocycles. The van der Waals surface area contributed by atoms with Crippen molar-refractivity contribution in [3.63, 3.8) is 0 Å². The van der Waals surface area contributed by atoms with Crippen LogP contribution < -0.4 is 16.4 Å². The Kier molecular flexibility index (Phi) is 6.43. The normalized spacial score (nSPS) is 20.8. The van der Waals surface area contributed by atoms with Crippen molar-refractivity contribution in [2.24, 2.45) is 11.7 Å². The molecule has 0 saturated heterocycles. The molecule has 5 N–H and O–H groups in total. The molecule has 0 spiro atoms. The van der Waals surface area contributed by atoms with Crippen LogP contribution in [0.25, 0.3) is 0 Å². The predicted molar refractivity (Wildman–Crippen MR) is 120 cm³/mol. The highest BCUT2D eigenvalue weighted by atomic mass is 35.5. The highest BCUT2D eigenvalue weighted by Gasteiger charge is 2.38. The third-order valence-corrected chi connectivity index (χ3v) is 7.48. The molecule has 3 unspecified atom stereocenters. The van der Waals surface area contributed by atoms with Crippen LogP contribution in [0.1, 0.15) is 41.6 Å². The first-order chi connectivity index (χ1) is 13.6. The minimum absolute atomic E-state index is 0.461. The lowest BCUT2D eigenvalue weighted by atomic mass is 9.95. The summed E-state index contributed by atoms with van der Waals surface area (Å²) in [6.07, 6.45) is -0.259. The van der Waals surface area contributed by atoms with Gasteiger partial charge >= 0.3 is 0 Å². The van der Waals surface area contributed by atoms with Gasteiger partial charge in [0.25, 0.3) is 5.91 Å². The molecule has 3 atom stereocenters. The van der Waals surface area contributed by atoms with Crippen LogP contribution in [0.5, 0.6) is 0 Å². The summed E-state index contributed by atoms with van der Waals surface area (Å²) in [6.45, 7) is 8.62. The molecular weight excluding hydrogens is 408 g/mol. The maximum atomic E-state index is 12.2. The third-order valence-electron chi connectivity index (χ3n) is 6.08. The van der Waals surface area contributed by atoms with Crippen LogP contribution in [-0.2, 0) is 13.0 Å². The Morgan fingerprint density at radius 2 is 1.90 bits per heavy atom. The van der Waals surface area contributed by atoms with Crippen LogP contribution in [0.4, 0.5) is 10.7 Å². The molecule has 0 aliphatic carbocycles. The number of rotatable bonds is 7. The largest absolute Gasteiger partial charge is 0.365 e. The molecule has 8 heteroatoms. The second-order valence-corrected chi connectivity index (χ2v) is 9.91. The van der Waals surface area contributed by atoms with Gasteiger partial charge in [0.1, 0.15) is 11.5 Å². The van der Waals surface area contributed by atoms with Crippen molar-refractivity contribution < 1.29 is 14.4 Å². The number of carbonyl (C=O) groups excluding carboxylic acids is 1. The van der Waals surface area contributed by atoms with Crippen LogP contribution in [0.3, 0.4) is 0 Å². The van der Waals surface area contributed by atoms with E-state index in [2.05, 4.69) is 38.5 Å². The van der Waals surface area contributed by atoms with Gasteiger partial charge < -0.3 is 26.0 Å². The molecule has 1 aromatic carbocycles. The van der Waals surface area contributed by atoms with Crippen LogP contribution in [0, 0.1) is 5.92 Å². The number of benzene rings is 1. The van der Waals surface area contributed by atoms with Crippen molar-refractivity contribution >= 4 is 39.5 Å². The first-order valence-corrected chi connectivity index (χ1v) is 11.1. The van der Waals surface area contributed by atoms with Gasteiger partial charge in [0.05, 0.1) is 30.1 Å². The van der Waals surface area contributed by atoms with E-state index in [4.69, 9.17) is 17.3 Å². The number of likely N-dealkylation sites (N-methyl/N-ethyl adjacent to an activating group) is 1. The van der Waals surface area contributed by atoms with Crippen molar-refractivity contribution in [1.82, 2.24) is 0 Å². The molecule has 0 bridgehead atoms. The highest BCUT2D eigenvalue weighted by molar-refractivity contribution is 7.16. The van der Waals surface area contributed by atoms with Crippen LogP contribution >= 0.6 is 22.9 Å². The number of aliphatic hydroxyl groups excluding tert-OH is 1. The van der Waals surface area contributed by atoms with E-state index in [1.165, 1.54) is 16.2 Å². The van der Waals surface area contributed by atoms with E-state index in [9.17, 15) is 9.90 Å². The molecule has 2 heterocycles. The van der Waals surface area contributed by atoms with Gasteiger partial charge in [-0.2, -0.15) is 0 Å². The molecular formula is C21H30ClN4O2S+. The molecule has 29 heavy (non-hydrogen) atoms. The van der Waals surface area contributed by atoms with Crippen molar-refractivity contribution in [2.45, 2.75) is 46.1 Å². The minimum Gasteiger partial charge on any atom is -0.365 e. The number of nitrogens with two attached hydrogens (primary N) is 1. The number of aliphatic hydroxyl groups is 1. The standard InChI is InChI=1S/C21H29ClN4O2S/c1-12(2)13(3)26(4)10-9-16-17(11-26)29-20(18(16)19(23)27)25-21(28)24-15-7-5-14(22)6-8-15/h5-8,12-13,21,24,28H,9-11H2,1-4H3,(H2-,23,25,27)/p+1. The van der Waals surface area contributed by atoms with Gasteiger partial charge in [-0.15, -0.1) is 11.3 Å². The van der Waals surface area contributed by atoms with Crippen LogP contribution in [0.2, 0.25) is 5.02 Å². The molecule has 6 nitrogen and oxygen atoms in total. The molecule has 0 fully saturated rings. The van der Waals surface area contributed by atoms with Crippen molar-refractivity contribution in [2.75, 3.05) is 24.2 Å². The Labute approximate surface area is 181 Å². The topological polar surface area (TPSA) is 87.4 Å². The summed E-state index contributed by atoms with van der Waals surface area (Å²) >= 11 is 7.41. The quantitative estimate of drug-likeness (QED) is 0.391. The van der Waals surface area contributed by atoms with E-state index < -0.39 is 12.3 Å². The monoisotopic (exact) mass is 437 g/mol. The number of nitrogens with zero attached hydrogens (tertiary/aromatic N) is 1. The van der Waals surface area contributed by atoms with Crippen LogP contribution in [0.15, 0.2) is 24.3 Å². The number of halogens is 1. The SMILES string of the molecule is CC(C)C(C)[N+]1(C)CCc2c(sc(NC(O)Nc3ccc(Cl)cc3)c2C(N)=O)C1. The fraction of sp³-hybridized carbons (Fsp3) is 0.476. The van der Waals surface area contributed by atoms with E-state index in [0.717, 1.165) is 29.6 Å². The summed E-state index contributed by atoms with van der Waals surface area (Å²) in [5, 5.41) is 17.7. The van der Waals surface area contributed by atoms with Gasteiger partial charge in [-0.1, -0.05) is 25.4 Å². The summed E-state index contributed by atoms with van der Waals surface area (Å²) in [4.78, 5) is 13.4. The molecule has 0 saturated carbocycles. The highest BCUT2D eigenvalue weighted by Crippen LogP contribution is 2.40. The van der Waals surface area contributed by atoms with Crippen LogP contribution in [-0.4, -0.2) is 41.5 Å². The molecule has 2 aromatic rings. The summed E-state index contributed by atoms with van der Waals surface area (Å²) in [5.74, 6) is 0.108. The predicted octanol–water partition coefficient (Wildman–Crippen LogP) is 3.85. The molecule has 158 valence electrons. The van der Waals surface area contributed by atoms with Crippen molar-refractivity contribution in [3.05, 3.63) is 45.3 Å². The van der Waals surface area contributed by atoms with E-state index in [1.54, 1.807) is 24.3 Å². The molecule has 1 aliphatic rings. The fourth-order valence-corrected chi connectivity index (χ4v) is 5.53. The minimum atomic E-state index is -1.06. The Bertz CT molecular complexity index is 884. The average molecular weight is 438 g/mol. The number of hydrogen-bond acceptors (Lipinski definition) is 5. The number of primary amides is 1. The van der Waals surface area contributed by atoms with E-state index in [0.29, 0.717) is 33.2 Å². The number of amides is 1. The molecule has 1 amide bonds. The number of quaternary nitrogens is 1. The van der Waals surface area contributed by atoms with Crippen molar-refractivity contribution in [1.29, 1.82) is 0 Å². The zero-order valence-corrected chi connectivity index (χ0v) is 18.9. The van der Waals surface area contributed by atoms with E-state index in [1.807, 2.05) is 0 Å². The maximum absolute atomic E-state index is 12.2. The number of nitrogens with one attached hydrogen (secondary N) is 2. The van der Waals surface area contributed by atoms with Gasteiger partial charge in [-0.3, -0.25) is 4.79 Å².